The molecule has 22 heavy (non-hydrogen) atoms. The van der Waals surface area contributed by atoms with E-state index in [4.69, 9.17) is 22.6 Å². The summed E-state index contributed by atoms with van der Waals surface area (Å²) in [6.07, 6.45) is 0.528. The Morgan fingerprint density at radius 3 is 2.59 bits per heavy atom. The van der Waals surface area contributed by atoms with Crippen LogP contribution < -0.4 is 5.73 Å². The van der Waals surface area contributed by atoms with Crippen LogP contribution in [-0.4, -0.2) is 6.54 Å². The summed E-state index contributed by atoms with van der Waals surface area (Å²) in [6.45, 7) is 0.376. The van der Waals surface area contributed by atoms with E-state index in [-0.39, 0.29) is 6.42 Å². The van der Waals surface area contributed by atoms with Crippen LogP contribution >= 0.6 is 11.6 Å². The molecule has 0 aliphatic heterocycles. The van der Waals surface area contributed by atoms with Crippen molar-refractivity contribution in [3.8, 4) is 23.3 Å². The van der Waals surface area contributed by atoms with Crippen LogP contribution in [0.15, 0.2) is 30.3 Å². The van der Waals surface area contributed by atoms with Gasteiger partial charge < -0.3 is 5.73 Å². The molecule has 0 saturated heterocycles. The van der Waals surface area contributed by atoms with Crippen molar-refractivity contribution in [3.63, 3.8) is 0 Å². The lowest BCUT2D eigenvalue weighted by atomic mass is 9.89. The maximum atomic E-state index is 13.5. The first kappa shape index (κ1) is 16.0. The van der Waals surface area contributed by atoms with E-state index in [9.17, 15) is 9.65 Å². The van der Waals surface area contributed by atoms with Gasteiger partial charge in [0.2, 0.25) is 0 Å². The van der Waals surface area contributed by atoms with Gasteiger partial charge in [0.1, 0.15) is 11.9 Å². The van der Waals surface area contributed by atoms with Crippen molar-refractivity contribution in [2.45, 2.75) is 12.8 Å². The Labute approximate surface area is 133 Å². The van der Waals surface area contributed by atoms with Crippen LogP contribution in [0.3, 0.4) is 0 Å². The summed E-state index contributed by atoms with van der Waals surface area (Å²) >= 11 is 6.20. The van der Waals surface area contributed by atoms with Crippen LogP contribution in [0.5, 0.6) is 0 Å². The van der Waals surface area contributed by atoms with Crippen molar-refractivity contribution in [2.75, 3.05) is 6.54 Å². The Bertz CT molecular complexity index is 788. The molecule has 0 saturated carbocycles. The summed E-state index contributed by atoms with van der Waals surface area (Å²) in [6, 6.07) is 11.8. The third kappa shape index (κ3) is 3.09. The highest BCUT2D eigenvalue weighted by atomic mass is 35.5. The first-order chi connectivity index (χ1) is 10.6. The molecule has 0 bridgehead atoms. The zero-order valence-electron chi connectivity index (χ0n) is 11.7. The fourth-order valence-electron chi connectivity index (χ4n) is 2.44. The molecule has 3 nitrogen and oxygen atoms in total. The molecule has 110 valence electrons. The topological polar surface area (TPSA) is 73.6 Å². The Balaban J connectivity index is 2.81. The molecule has 0 aromatic heterocycles. The zero-order chi connectivity index (χ0) is 16.1. The molecule has 0 amide bonds. The fraction of sp³-hybridized carbons (Fsp3) is 0.176. The predicted octanol–water partition coefficient (Wildman–Crippen LogP) is 3.59. The first-order valence-corrected chi connectivity index (χ1v) is 7.07. The van der Waals surface area contributed by atoms with Gasteiger partial charge in [0, 0.05) is 16.1 Å². The maximum Gasteiger partial charge on any atom is 0.123 e. The summed E-state index contributed by atoms with van der Waals surface area (Å²) in [7, 11) is 0. The monoisotopic (exact) mass is 313 g/mol. The van der Waals surface area contributed by atoms with Crippen molar-refractivity contribution < 1.29 is 4.39 Å². The van der Waals surface area contributed by atoms with Crippen LogP contribution in [0.1, 0.15) is 16.7 Å². The predicted molar refractivity (Wildman–Crippen MR) is 83.6 cm³/mol. The molecule has 0 aliphatic rings. The molecule has 2 aromatic rings. The summed E-state index contributed by atoms with van der Waals surface area (Å²) in [5, 5.41) is 18.8. The Kier molecular flexibility index (Phi) is 5.12. The number of hydrogen-bond acceptors (Lipinski definition) is 3. The van der Waals surface area contributed by atoms with Gasteiger partial charge in [0.15, 0.2) is 0 Å². The number of hydrogen-bond donors (Lipinski definition) is 1. The minimum Gasteiger partial charge on any atom is -0.330 e. The standard InChI is InChI=1S/C17H13ClFN3/c18-16-9-12(4-6-20)17(11-2-1-3-13(19)8-11)15(10-22)14(16)5-7-21/h1-3,8-9H,4-6,20H2. The first-order valence-electron chi connectivity index (χ1n) is 6.69. The highest BCUT2D eigenvalue weighted by Gasteiger charge is 2.18. The molecule has 0 radical (unpaired) electrons. The van der Waals surface area contributed by atoms with Gasteiger partial charge in [0.25, 0.3) is 0 Å². The quantitative estimate of drug-likeness (QED) is 0.937. The lowest BCUT2D eigenvalue weighted by Gasteiger charge is -2.15. The Morgan fingerprint density at radius 1 is 1.23 bits per heavy atom. The van der Waals surface area contributed by atoms with Crippen LogP contribution in [-0.2, 0) is 12.8 Å². The van der Waals surface area contributed by atoms with E-state index in [1.807, 2.05) is 6.07 Å². The lowest BCUT2D eigenvalue weighted by molar-refractivity contribution is 0.628. The van der Waals surface area contributed by atoms with Crippen molar-refractivity contribution >= 4 is 11.6 Å². The lowest BCUT2D eigenvalue weighted by Crippen LogP contribution is -2.07. The van der Waals surface area contributed by atoms with Gasteiger partial charge in [-0.3, -0.25) is 0 Å². The molecule has 2 N–H and O–H groups in total. The molecule has 0 heterocycles. The molecule has 0 aliphatic carbocycles. The fourth-order valence-corrected chi connectivity index (χ4v) is 2.74. The molecule has 5 heteroatoms. The second kappa shape index (κ2) is 7.04. The molecular weight excluding hydrogens is 301 g/mol. The van der Waals surface area contributed by atoms with E-state index < -0.39 is 5.82 Å². The Hall–Kier alpha value is -2.40. The van der Waals surface area contributed by atoms with Crippen molar-refractivity contribution in [2.24, 2.45) is 5.73 Å². The number of halogens is 2. The molecule has 0 unspecified atom stereocenters. The molecule has 2 aromatic carbocycles. The van der Waals surface area contributed by atoms with Gasteiger partial charge in [-0.25, -0.2) is 4.39 Å². The van der Waals surface area contributed by atoms with Gasteiger partial charge in [-0.1, -0.05) is 23.7 Å². The van der Waals surface area contributed by atoms with Crippen molar-refractivity contribution in [1.82, 2.24) is 0 Å². The summed E-state index contributed by atoms with van der Waals surface area (Å²) in [4.78, 5) is 0. The highest BCUT2D eigenvalue weighted by Crippen LogP contribution is 2.35. The third-order valence-electron chi connectivity index (χ3n) is 3.36. The summed E-state index contributed by atoms with van der Waals surface area (Å²) in [5.74, 6) is -0.392. The normalized spacial score (nSPS) is 10.0. The van der Waals surface area contributed by atoms with E-state index in [0.29, 0.717) is 40.2 Å². The van der Waals surface area contributed by atoms with E-state index in [1.165, 1.54) is 12.1 Å². The Morgan fingerprint density at radius 2 is 2.00 bits per heavy atom. The van der Waals surface area contributed by atoms with Crippen molar-refractivity contribution in [3.05, 3.63) is 57.9 Å². The van der Waals surface area contributed by atoms with E-state index in [0.717, 1.165) is 5.56 Å². The molecule has 0 atom stereocenters. The molecule has 0 fully saturated rings. The minimum atomic E-state index is -0.392. The number of rotatable bonds is 4. The molecule has 2 rings (SSSR count). The number of nitriles is 2. The van der Waals surface area contributed by atoms with E-state index in [1.54, 1.807) is 18.2 Å². The van der Waals surface area contributed by atoms with E-state index >= 15 is 0 Å². The average molecular weight is 314 g/mol. The largest absolute Gasteiger partial charge is 0.330 e. The smallest absolute Gasteiger partial charge is 0.123 e. The molecule has 0 spiro atoms. The summed E-state index contributed by atoms with van der Waals surface area (Å²) < 4.78 is 13.5. The molecular formula is C17H13ClFN3. The minimum absolute atomic E-state index is 0.0208. The SMILES string of the molecule is N#CCc1c(Cl)cc(CCN)c(-c2cccc(F)c2)c1C#N. The van der Waals surface area contributed by atoms with Gasteiger partial charge >= 0.3 is 0 Å². The van der Waals surface area contributed by atoms with Crippen LogP contribution in [0, 0.1) is 28.5 Å². The average Bonchev–Trinajstić information content (AvgIpc) is 2.49. The van der Waals surface area contributed by atoms with Crippen LogP contribution in [0.2, 0.25) is 5.02 Å². The van der Waals surface area contributed by atoms with Crippen LogP contribution in [0.25, 0.3) is 11.1 Å². The number of nitrogens with two attached hydrogens (primary N) is 1. The van der Waals surface area contributed by atoms with Gasteiger partial charge in [0.05, 0.1) is 18.1 Å². The van der Waals surface area contributed by atoms with Crippen molar-refractivity contribution in [1.29, 1.82) is 10.5 Å². The number of benzene rings is 2. The number of nitrogens with zero attached hydrogens (tertiary/aromatic N) is 2. The highest BCUT2D eigenvalue weighted by molar-refractivity contribution is 6.31. The van der Waals surface area contributed by atoms with Gasteiger partial charge in [-0.05, 0) is 42.3 Å². The zero-order valence-corrected chi connectivity index (χ0v) is 12.5. The second-order valence-corrected chi connectivity index (χ2v) is 5.15. The van der Waals surface area contributed by atoms with Gasteiger partial charge in [-0.2, -0.15) is 10.5 Å². The van der Waals surface area contributed by atoms with E-state index in [2.05, 4.69) is 6.07 Å². The van der Waals surface area contributed by atoms with Crippen LogP contribution in [0.4, 0.5) is 4.39 Å². The maximum absolute atomic E-state index is 13.5. The second-order valence-electron chi connectivity index (χ2n) is 4.74. The van der Waals surface area contributed by atoms with Gasteiger partial charge in [-0.15, -0.1) is 0 Å². The third-order valence-corrected chi connectivity index (χ3v) is 3.69. The summed E-state index contributed by atoms with van der Waals surface area (Å²) in [5.41, 5.74) is 8.35.